The number of methoxy groups -OCH3 is 4. The Balaban J connectivity index is 1.86. The zero-order chi connectivity index (χ0) is 29.6. The van der Waals surface area contributed by atoms with Crippen LogP contribution in [0.25, 0.3) is 21.9 Å². The van der Waals surface area contributed by atoms with Crippen molar-refractivity contribution in [3.63, 3.8) is 0 Å². The Morgan fingerprint density at radius 1 is 0.786 bits per heavy atom. The highest BCUT2D eigenvalue weighted by atomic mass is 16.5. The van der Waals surface area contributed by atoms with Crippen LogP contribution in [-0.2, 0) is 17.9 Å². The highest BCUT2D eigenvalue weighted by Crippen LogP contribution is 2.44. The van der Waals surface area contributed by atoms with Crippen molar-refractivity contribution >= 4 is 16.7 Å². The van der Waals surface area contributed by atoms with Gasteiger partial charge in [-0.1, -0.05) is 42.5 Å². The first kappa shape index (κ1) is 28.2. The van der Waals surface area contributed by atoms with E-state index in [4.69, 9.17) is 23.7 Å². The Morgan fingerprint density at radius 2 is 1.48 bits per heavy atom. The second kappa shape index (κ2) is 12.5. The number of ether oxygens (including phenoxy) is 5. The monoisotopic (exact) mass is 566 g/mol. The summed E-state index contributed by atoms with van der Waals surface area (Å²) in [6.45, 7) is 0.341. The molecule has 3 aromatic carbocycles. The minimum atomic E-state index is -0.678. The number of pyridine rings is 2. The summed E-state index contributed by atoms with van der Waals surface area (Å²) in [5, 5.41) is 0.824. The van der Waals surface area contributed by atoms with E-state index in [0.717, 1.165) is 11.1 Å². The molecule has 9 heteroatoms. The van der Waals surface area contributed by atoms with Crippen molar-refractivity contribution in [2.24, 2.45) is 0 Å². The van der Waals surface area contributed by atoms with Crippen LogP contribution in [0.3, 0.4) is 0 Å². The van der Waals surface area contributed by atoms with Crippen LogP contribution in [0.5, 0.6) is 23.0 Å². The van der Waals surface area contributed by atoms with Gasteiger partial charge < -0.3 is 23.7 Å². The third kappa shape index (κ3) is 5.36. The SMILES string of the molecule is COC(=O)c1c(-c2cc(OC)c(OC)c(OC)c2)c2cccc(OCc3ccccc3)c2c(=O)n1Cc1ccncc1. The number of esters is 1. The predicted octanol–water partition coefficient (Wildman–Crippen LogP) is 5.50. The molecule has 0 saturated carbocycles. The lowest BCUT2D eigenvalue weighted by Crippen LogP contribution is -2.29. The number of nitrogens with zero attached hydrogens (tertiary/aromatic N) is 2. The molecule has 0 aliphatic carbocycles. The lowest BCUT2D eigenvalue weighted by molar-refractivity contribution is 0.0588. The fourth-order valence-electron chi connectivity index (χ4n) is 4.96. The average molecular weight is 567 g/mol. The molecule has 0 bridgehead atoms. The van der Waals surface area contributed by atoms with E-state index < -0.39 is 11.5 Å². The fraction of sp³-hybridized carbons (Fsp3) is 0.182. The van der Waals surface area contributed by atoms with E-state index in [1.165, 1.54) is 33.0 Å². The predicted molar refractivity (Wildman–Crippen MR) is 159 cm³/mol. The second-order valence-corrected chi connectivity index (χ2v) is 9.33. The molecule has 2 heterocycles. The Morgan fingerprint density at radius 3 is 2.10 bits per heavy atom. The average Bonchev–Trinajstić information content (AvgIpc) is 3.04. The lowest BCUT2D eigenvalue weighted by Gasteiger charge is -2.21. The van der Waals surface area contributed by atoms with Crippen molar-refractivity contribution in [1.29, 1.82) is 0 Å². The molecule has 0 spiro atoms. The molecule has 0 radical (unpaired) electrons. The third-order valence-corrected chi connectivity index (χ3v) is 6.92. The van der Waals surface area contributed by atoms with Gasteiger partial charge in [-0.25, -0.2) is 4.79 Å². The van der Waals surface area contributed by atoms with Crippen molar-refractivity contribution in [3.8, 4) is 34.1 Å². The summed E-state index contributed by atoms with van der Waals surface area (Å²) in [5.74, 6) is 0.875. The van der Waals surface area contributed by atoms with Gasteiger partial charge in [0.25, 0.3) is 5.56 Å². The molecule has 5 aromatic rings. The van der Waals surface area contributed by atoms with E-state index >= 15 is 0 Å². The van der Waals surface area contributed by atoms with Gasteiger partial charge in [-0.15, -0.1) is 0 Å². The molecule has 0 aliphatic heterocycles. The van der Waals surface area contributed by atoms with Gasteiger partial charge in [0.1, 0.15) is 18.1 Å². The first-order chi connectivity index (χ1) is 20.5. The van der Waals surface area contributed by atoms with Gasteiger partial charge in [0.2, 0.25) is 5.75 Å². The molecule has 9 nitrogen and oxygen atoms in total. The van der Waals surface area contributed by atoms with E-state index in [-0.39, 0.29) is 18.8 Å². The van der Waals surface area contributed by atoms with Crippen molar-refractivity contribution in [2.75, 3.05) is 28.4 Å². The van der Waals surface area contributed by atoms with Gasteiger partial charge in [-0.05, 0) is 47.0 Å². The van der Waals surface area contributed by atoms with E-state index in [1.54, 1.807) is 54.9 Å². The van der Waals surface area contributed by atoms with Crippen LogP contribution < -0.4 is 24.5 Å². The van der Waals surface area contributed by atoms with Crippen LogP contribution in [0.1, 0.15) is 21.6 Å². The van der Waals surface area contributed by atoms with Gasteiger partial charge in [0.15, 0.2) is 11.5 Å². The third-order valence-electron chi connectivity index (χ3n) is 6.92. The van der Waals surface area contributed by atoms with Crippen LogP contribution in [0.4, 0.5) is 0 Å². The maximum Gasteiger partial charge on any atom is 0.355 e. The topological polar surface area (TPSA) is 98.1 Å². The summed E-state index contributed by atoms with van der Waals surface area (Å²) in [6, 6.07) is 22.0. The minimum Gasteiger partial charge on any atom is -0.493 e. The maximum atomic E-state index is 14.3. The van der Waals surface area contributed by atoms with Crippen molar-refractivity contribution in [2.45, 2.75) is 13.2 Å². The molecule has 0 atom stereocenters. The molecule has 42 heavy (non-hydrogen) atoms. The van der Waals surface area contributed by atoms with Gasteiger partial charge in [0, 0.05) is 23.3 Å². The van der Waals surface area contributed by atoms with Crippen molar-refractivity contribution < 1.29 is 28.5 Å². The minimum absolute atomic E-state index is 0.0706. The highest BCUT2D eigenvalue weighted by molar-refractivity contribution is 6.08. The van der Waals surface area contributed by atoms with Crippen LogP contribution in [0.15, 0.2) is 90.0 Å². The molecule has 2 aromatic heterocycles. The molecule has 0 fully saturated rings. The number of benzene rings is 3. The molecule has 214 valence electrons. The Bertz CT molecular complexity index is 1760. The number of rotatable bonds is 10. The summed E-state index contributed by atoms with van der Waals surface area (Å²) in [5.41, 5.74) is 2.40. The Kier molecular flexibility index (Phi) is 8.38. The zero-order valence-electron chi connectivity index (χ0n) is 23.7. The normalized spacial score (nSPS) is 10.8. The lowest BCUT2D eigenvalue weighted by atomic mass is 9.95. The van der Waals surface area contributed by atoms with Crippen LogP contribution >= 0.6 is 0 Å². The first-order valence-corrected chi connectivity index (χ1v) is 13.1. The van der Waals surface area contributed by atoms with E-state index in [0.29, 0.717) is 44.9 Å². The van der Waals surface area contributed by atoms with E-state index in [9.17, 15) is 9.59 Å². The summed E-state index contributed by atoms with van der Waals surface area (Å²) < 4.78 is 29.7. The fourth-order valence-corrected chi connectivity index (χ4v) is 4.96. The molecule has 5 rings (SSSR count). The smallest absolute Gasteiger partial charge is 0.355 e. The number of carbonyl (C=O) groups is 1. The quantitative estimate of drug-likeness (QED) is 0.204. The van der Waals surface area contributed by atoms with Gasteiger partial charge in [-0.3, -0.25) is 14.3 Å². The maximum absolute atomic E-state index is 14.3. The Labute approximate surface area is 242 Å². The first-order valence-electron chi connectivity index (χ1n) is 13.1. The van der Waals surface area contributed by atoms with Crippen LogP contribution in [0.2, 0.25) is 0 Å². The highest BCUT2D eigenvalue weighted by Gasteiger charge is 2.27. The zero-order valence-corrected chi connectivity index (χ0v) is 23.7. The summed E-state index contributed by atoms with van der Waals surface area (Å²) in [7, 11) is 5.83. The largest absolute Gasteiger partial charge is 0.493 e. The summed E-state index contributed by atoms with van der Waals surface area (Å²) in [6.07, 6.45) is 3.27. The molecule has 0 amide bonds. The number of fused-ring (bicyclic) bond motifs is 1. The molecule has 0 unspecified atom stereocenters. The number of hydrogen-bond donors (Lipinski definition) is 0. The van der Waals surface area contributed by atoms with E-state index in [1.807, 2.05) is 30.3 Å². The second-order valence-electron chi connectivity index (χ2n) is 9.33. The number of aromatic nitrogens is 2. The molecular formula is C33H30N2O7. The molecular weight excluding hydrogens is 536 g/mol. The van der Waals surface area contributed by atoms with Gasteiger partial charge in [0.05, 0.1) is 40.4 Å². The number of hydrogen-bond acceptors (Lipinski definition) is 8. The molecule has 0 N–H and O–H groups in total. The van der Waals surface area contributed by atoms with Gasteiger partial charge >= 0.3 is 5.97 Å². The molecule has 0 saturated heterocycles. The Hall–Kier alpha value is -5.31. The van der Waals surface area contributed by atoms with Crippen LogP contribution in [0, 0.1) is 0 Å². The van der Waals surface area contributed by atoms with Crippen molar-refractivity contribution in [1.82, 2.24) is 9.55 Å². The van der Waals surface area contributed by atoms with Crippen LogP contribution in [-0.4, -0.2) is 44.0 Å². The summed E-state index contributed by atoms with van der Waals surface area (Å²) >= 11 is 0. The standard InChI is InChI=1S/C33H30N2O7/c1-38-26-17-23(18-27(39-2)31(26)40-3)28-24-11-8-12-25(42-20-22-9-6-5-7-10-22)29(24)32(36)35(30(28)33(37)41-4)19-21-13-15-34-16-14-21/h5-18H,19-20H2,1-4H3. The van der Waals surface area contributed by atoms with E-state index in [2.05, 4.69) is 4.98 Å². The van der Waals surface area contributed by atoms with Gasteiger partial charge in [-0.2, -0.15) is 0 Å². The molecule has 0 aliphatic rings. The van der Waals surface area contributed by atoms with Crippen molar-refractivity contribution in [3.05, 3.63) is 112 Å². The summed E-state index contributed by atoms with van der Waals surface area (Å²) in [4.78, 5) is 31.9. The number of carbonyl (C=O) groups excluding carboxylic acids is 1.